The number of nitrogens with two attached hydrogens (primary N) is 1. The van der Waals surface area contributed by atoms with Crippen molar-refractivity contribution in [3.63, 3.8) is 0 Å². The van der Waals surface area contributed by atoms with E-state index in [4.69, 9.17) is 15.2 Å². The first-order valence-electron chi connectivity index (χ1n) is 5.94. The minimum atomic E-state index is -0.358. The molecule has 19 heavy (non-hydrogen) atoms. The van der Waals surface area contributed by atoms with E-state index in [1.54, 1.807) is 13.2 Å². The molecular formula is C13H20FN3O2. The van der Waals surface area contributed by atoms with Crippen LogP contribution in [-0.2, 0) is 11.3 Å². The Morgan fingerprint density at radius 2 is 2.16 bits per heavy atom. The van der Waals surface area contributed by atoms with Gasteiger partial charge >= 0.3 is 0 Å². The lowest BCUT2D eigenvalue weighted by molar-refractivity contribution is 0.179. The first-order valence-corrected chi connectivity index (χ1v) is 5.94. The molecule has 0 aliphatic carbocycles. The lowest BCUT2D eigenvalue weighted by Gasteiger charge is -2.13. The van der Waals surface area contributed by atoms with E-state index >= 15 is 0 Å². The maximum atomic E-state index is 13.3. The molecule has 0 saturated heterocycles. The lowest BCUT2D eigenvalue weighted by atomic mass is 10.2. The molecule has 0 amide bonds. The van der Waals surface area contributed by atoms with E-state index in [1.807, 2.05) is 6.92 Å². The smallest absolute Gasteiger partial charge is 0.189 e. The van der Waals surface area contributed by atoms with Gasteiger partial charge in [0, 0.05) is 19.2 Å². The van der Waals surface area contributed by atoms with Crippen molar-refractivity contribution in [3.8, 4) is 5.75 Å². The Kier molecular flexibility index (Phi) is 6.08. The van der Waals surface area contributed by atoms with E-state index < -0.39 is 0 Å². The van der Waals surface area contributed by atoms with Gasteiger partial charge in [-0.3, -0.25) is 0 Å². The predicted octanol–water partition coefficient (Wildman–Crippen LogP) is 1.27. The highest BCUT2D eigenvalue weighted by Crippen LogP contribution is 2.16. The Hall–Kier alpha value is -1.82. The zero-order valence-electron chi connectivity index (χ0n) is 11.4. The van der Waals surface area contributed by atoms with Crippen molar-refractivity contribution in [2.45, 2.75) is 19.5 Å². The highest BCUT2D eigenvalue weighted by Gasteiger charge is 2.03. The van der Waals surface area contributed by atoms with Crippen LogP contribution in [0.4, 0.5) is 4.39 Å². The normalized spacial score (nSPS) is 13.2. The molecule has 3 N–H and O–H groups in total. The second kappa shape index (κ2) is 7.58. The van der Waals surface area contributed by atoms with Crippen LogP contribution in [-0.4, -0.2) is 32.8 Å². The maximum Gasteiger partial charge on any atom is 0.189 e. The van der Waals surface area contributed by atoms with Crippen LogP contribution in [0.2, 0.25) is 0 Å². The summed E-state index contributed by atoms with van der Waals surface area (Å²) in [5.41, 5.74) is 6.42. The van der Waals surface area contributed by atoms with Gasteiger partial charge in [0.1, 0.15) is 11.6 Å². The molecule has 106 valence electrons. The summed E-state index contributed by atoms with van der Waals surface area (Å²) in [5, 5.41) is 2.97. The summed E-state index contributed by atoms with van der Waals surface area (Å²) in [5.74, 6) is 0.404. The van der Waals surface area contributed by atoms with E-state index in [-0.39, 0.29) is 18.4 Å². The highest BCUT2D eigenvalue weighted by atomic mass is 19.1. The van der Waals surface area contributed by atoms with Crippen molar-refractivity contribution in [2.75, 3.05) is 20.8 Å². The number of guanidine groups is 1. The minimum absolute atomic E-state index is 0.0656. The van der Waals surface area contributed by atoms with E-state index in [1.165, 1.54) is 19.2 Å². The Morgan fingerprint density at radius 3 is 2.79 bits per heavy atom. The number of aliphatic imine (C=N–C) groups is 1. The van der Waals surface area contributed by atoms with Gasteiger partial charge < -0.3 is 20.5 Å². The molecule has 0 heterocycles. The molecule has 1 unspecified atom stereocenters. The molecule has 1 atom stereocenters. The molecule has 0 spiro atoms. The summed E-state index contributed by atoms with van der Waals surface area (Å²) in [6, 6.07) is 4.50. The van der Waals surface area contributed by atoms with Crippen LogP contribution in [0.5, 0.6) is 5.75 Å². The van der Waals surface area contributed by atoms with Crippen molar-refractivity contribution < 1.29 is 13.9 Å². The highest BCUT2D eigenvalue weighted by molar-refractivity contribution is 5.78. The summed E-state index contributed by atoms with van der Waals surface area (Å²) < 4.78 is 23.2. The summed E-state index contributed by atoms with van der Waals surface area (Å²) in [4.78, 5) is 4.14. The summed E-state index contributed by atoms with van der Waals surface area (Å²) in [7, 11) is 3.11. The van der Waals surface area contributed by atoms with Gasteiger partial charge in [0.2, 0.25) is 0 Å². The molecule has 1 rings (SSSR count). The second-order valence-electron chi connectivity index (χ2n) is 4.20. The average molecular weight is 269 g/mol. The fourth-order valence-electron chi connectivity index (χ4n) is 1.60. The summed E-state index contributed by atoms with van der Waals surface area (Å²) >= 11 is 0. The number of nitrogens with one attached hydrogen (secondary N) is 1. The summed E-state index contributed by atoms with van der Waals surface area (Å²) in [6.45, 7) is 2.74. The molecule has 5 nitrogen and oxygen atoms in total. The predicted molar refractivity (Wildman–Crippen MR) is 72.8 cm³/mol. The standard InChI is InChI=1S/C13H20FN3O2/c1-9(8-18-2)17-13(15)16-7-10-4-11(14)6-12(5-10)19-3/h4-6,9H,7-8H2,1-3H3,(H3,15,16,17). The van der Waals surface area contributed by atoms with Gasteiger partial charge in [-0.1, -0.05) is 0 Å². The van der Waals surface area contributed by atoms with E-state index in [0.29, 0.717) is 23.9 Å². The molecule has 1 aromatic carbocycles. The fraction of sp³-hybridized carbons (Fsp3) is 0.462. The van der Waals surface area contributed by atoms with Gasteiger partial charge in [0.15, 0.2) is 5.96 Å². The SMILES string of the molecule is COCC(C)NC(N)=NCc1cc(F)cc(OC)c1. The van der Waals surface area contributed by atoms with Crippen LogP contribution < -0.4 is 15.8 Å². The first-order chi connectivity index (χ1) is 9.05. The van der Waals surface area contributed by atoms with E-state index in [2.05, 4.69) is 10.3 Å². The van der Waals surface area contributed by atoms with Crippen LogP contribution >= 0.6 is 0 Å². The van der Waals surface area contributed by atoms with Gasteiger partial charge in [0.25, 0.3) is 0 Å². The topological polar surface area (TPSA) is 68.9 Å². The van der Waals surface area contributed by atoms with Crippen molar-refractivity contribution >= 4 is 5.96 Å². The van der Waals surface area contributed by atoms with Crippen LogP contribution in [0.25, 0.3) is 0 Å². The fourth-order valence-corrected chi connectivity index (χ4v) is 1.60. The van der Waals surface area contributed by atoms with Crippen LogP contribution in [0.15, 0.2) is 23.2 Å². The largest absolute Gasteiger partial charge is 0.497 e. The van der Waals surface area contributed by atoms with E-state index in [9.17, 15) is 4.39 Å². The molecule has 0 aliphatic rings. The van der Waals surface area contributed by atoms with Gasteiger partial charge in [-0.25, -0.2) is 9.38 Å². The number of benzene rings is 1. The Labute approximate surface area is 112 Å². The number of hydrogen-bond acceptors (Lipinski definition) is 3. The zero-order valence-corrected chi connectivity index (χ0v) is 11.4. The quantitative estimate of drug-likeness (QED) is 0.603. The third kappa shape index (κ3) is 5.56. The third-order valence-corrected chi connectivity index (χ3v) is 2.41. The molecule has 0 radical (unpaired) electrons. The molecule has 0 saturated carbocycles. The number of hydrogen-bond donors (Lipinski definition) is 2. The minimum Gasteiger partial charge on any atom is -0.497 e. The van der Waals surface area contributed by atoms with Crippen LogP contribution in [0.1, 0.15) is 12.5 Å². The van der Waals surface area contributed by atoms with Crippen molar-refractivity contribution in [2.24, 2.45) is 10.7 Å². The number of methoxy groups -OCH3 is 2. The second-order valence-corrected chi connectivity index (χ2v) is 4.20. The van der Waals surface area contributed by atoms with Gasteiger partial charge in [-0.2, -0.15) is 0 Å². The number of ether oxygens (including phenoxy) is 2. The molecule has 6 heteroatoms. The lowest BCUT2D eigenvalue weighted by Crippen LogP contribution is -2.40. The van der Waals surface area contributed by atoms with Crippen molar-refractivity contribution in [1.82, 2.24) is 5.32 Å². The number of rotatable bonds is 6. The number of nitrogens with zero attached hydrogens (tertiary/aromatic N) is 1. The molecule has 0 aliphatic heterocycles. The first kappa shape index (κ1) is 15.2. The molecule has 0 fully saturated rings. The Bertz CT molecular complexity index is 438. The molecule has 1 aromatic rings. The van der Waals surface area contributed by atoms with Crippen LogP contribution in [0, 0.1) is 5.82 Å². The van der Waals surface area contributed by atoms with E-state index in [0.717, 1.165) is 0 Å². The third-order valence-electron chi connectivity index (χ3n) is 2.41. The zero-order chi connectivity index (χ0) is 14.3. The Balaban J connectivity index is 2.61. The average Bonchev–Trinajstić information content (AvgIpc) is 2.36. The van der Waals surface area contributed by atoms with Gasteiger partial charge in [-0.05, 0) is 24.6 Å². The van der Waals surface area contributed by atoms with Gasteiger partial charge in [-0.15, -0.1) is 0 Å². The molecule has 0 bridgehead atoms. The maximum absolute atomic E-state index is 13.3. The molecule has 0 aromatic heterocycles. The number of halogens is 1. The van der Waals surface area contributed by atoms with Crippen molar-refractivity contribution in [1.29, 1.82) is 0 Å². The van der Waals surface area contributed by atoms with Gasteiger partial charge in [0.05, 0.1) is 20.3 Å². The van der Waals surface area contributed by atoms with Crippen molar-refractivity contribution in [3.05, 3.63) is 29.6 Å². The summed E-state index contributed by atoms with van der Waals surface area (Å²) in [6.07, 6.45) is 0. The molecular weight excluding hydrogens is 249 g/mol. The Morgan fingerprint density at radius 1 is 1.42 bits per heavy atom. The van der Waals surface area contributed by atoms with Crippen LogP contribution in [0.3, 0.4) is 0 Å². The monoisotopic (exact) mass is 269 g/mol.